The first-order chi connectivity index (χ1) is 11.3. The van der Waals surface area contributed by atoms with Crippen molar-refractivity contribution in [1.82, 2.24) is 10.2 Å². The Morgan fingerprint density at radius 3 is 2.33 bits per heavy atom. The van der Waals surface area contributed by atoms with E-state index in [1.54, 1.807) is 0 Å². The molecule has 0 radical (unpaired) electrons. The van der Waals surface area contributed by atoms with Crippen molar-refractivity contribution in [2.75, 3.05) is 44.2 Å². The Hall–Kier alpha value is -1.66. The molecule has 134 valence electrons. The van der Waals surface area contributed by atoms with E-state index in [0.29, 0.717) is 6.54 Å². The van der Waals surface area contributed by atoms with Crippen LogP contribution in [0.3, 0.4) is 0 Å². The van der Waals surface area contributed by atoms with Crippen LogP contribution in [0.15, 0.2) is 24.3 Å². The Labute approximate surface area is 144 Å². The third kappa shape index (κ3) is 5.18. The largest absolute Gasteiger partial charge is 0.369 e. The number of hydrogen-bond donors (Lipinski definition) is 2. The summed E-state index contributed by atoms with van der Waals surface area (Å²) >= 11 is 0. The van der Waals surface area contributed by atoms with Crippen molar-refractivity contribution in [3.63, 3.8) is 0 Å². The molecule has 1 atom stereocenters. The van der Waals surface area contributed by atoms with E-state index >= 15 is 0 Å². The van der Waals surface area contributed by atoms with E-state index in [9.17, 15) is 9.18 Å². The minimum Gasteiger partial charge on any atom is -0.369 e. The lowest BCUT2D eigenvalue weighted by molar-refractivity contribution is -0.124. The van der Waals surface area contributed by atoms with E-state index in [-0.39, 0.29) is 17.1 Å². The maximum Gasteiger partial charge on any atom is 0.237 e. The van der Waals surface area contributed by atoms with Crippen molar-refractivity contribution in [2.24, 2.45) is 11.1 Å². The van der Waals surface area contributed by atoms with Crippen LogP contribution in [0.25, 0.3) is 0 Å². The lowest BCUT2D eigenvalue weighted by Crippen LogP contribution is -2.52. The summed E-state index contributed by atoms with van der Waals surface area (Å²) in [5.41, 5.74) is 6.77. The average molecular weight is 336 g/mol. The van der Waals surface area contributed by atoms with E-state index in [4.69, 9.17) is 5.73 Å². The van der Waals surface area contributed by atoms with E-state index < -0.39 is 6.04 Å². The SMILES string of the molecule is CC(C)(C)[C@H](N)C(=O)NCCN1CCN(c2ccc(F)cc2)CC1. The fourth-order valence-electron chi connectivity index (χ4n) is 2.72. The van der Waals surface area contributed by atoms with E-state index in [1.807, 2.05) is 32.9 Å². The van der Waals surface area contributed by atoms with E-state index in [2.05, 4.69) is 15.1 Å². The zero-order valence-corrected chi connectivity index (χ0v) is 14.9. The lowest BCUT2D eigenvalue weighted by atomic mass is 9.87. The Morgan fingerprint density at radius 2 is 1.79 bits per heavy atom. The Bertz CT molecular complexity index is 533. The molecule has 0 aromatic heterocycles. The number of carbonyl (C=O) groups excluding carboxylic acids is 1. The van der Waals surface area contributed by atoms with E-state index in [0.717, 1.165) is 38.4 Å². The van der Waals surface area contributed by atoms with Crippen LogP contribution < -0.4 is 16.0 Å². The van der Waals surface area contributed by atoms with Gasteiger partial charge in [0.2, 0.25) is 5.91 Å². The molecule has 1 aromatic carbocycles. The standard InChI is InChI=1S/C18H29FN4O/c1-18(2,3)16(20)17(24)21-8-9-22-10-12-23(13-11-22)15-6-4-14(19)5-7-15/h4-7,16H,8-13,20H2,1-3H3,(H,21,24)/t16-/m1/s1. The van der Waals surface area contributed by atoms with Gasteiger partial charge in [-0.25, -0.2) is 4.39 Å². The zero-order chi connectivity index (χ0) is 17.7. The first kappa shape index (κ1) is 18.7. The first-order valence-corrected chi connectivity index (χ1v) is 8.53. The average Bonchev–Trinajstić information content (AvgIpc) is 2.54. The molecule has 5 nitrogen and oxygen atoms in total. The topological polar surface area (TPSA) is 61.6 Å². The number of nitrogens with zero attached hydrogens (tertiary/aromatic N) is 2. The zero-order valence-electron chi connectivity index (χ0n) is 14.9. The van der Waals surface area contributed by atoms with Crippen molar-refractivity contribution in [3.8, 4) is 0 Å². The summed E-state index contributed by atoms with van der Waals surface area (Å²) in [6.07, 6.45) is 0. The third-order valence-corrected chi connectivity index (χ3v) is 4.51. The van der Waals surface area contributed by atoms with E-state index in [1.165, 1.54) is 12.1 Å². The molecule has 24 heavy (non-hydrogen) atoms. The number of rotatable bonds is 5. The predicted octanol–water partition coefficient (Wildman–Crippen LogP) is 1.44. The van der Waals surface area contributed by atoms with Gasteiger partial charge in [-0.05, 0) is 29.7 Å². The second-order valence-electron chi connectivity index (χ2n) is 7.44. The number of nitrogens with two attached hydrogens (primary N) is 1. The number of hydrogen-bond acceptors (Lipinski definition) is 4. The second kappa shape index (κ2) is 7.94. The molecule has 0 saturated carbocycles. The highest BCUT2D eigenvalue weighted by molar-refractivity contribution is 5.82. The molecule has 1 heterocycles. The van der Waals surface area contributed by atoms with Gasteiger partial charge in [-0.2, -0.15) is 0 Å². The quantitative estimate of drug-likeness (QED) is 0.854. The minimum absolute atomic E-state index is 0.0903. The van der Waals surface area contributed by atoms with Crippen LogP contribution in [0.2, 0.25) is 0 Å². The van der Waals surface area contributed by atoms with Crippen LogP contribution >= 0.6 is 0 Å². The minimum atomic E-state index is -0.493. The molecular formula is C18H29FN4O. The number of nitrogens with one attached hydrogen (secondary N) is 1. The number of halogens is 1. The summed E-state index contributed by atoms with van der Waals surface area (Å²) < 4.78 is 13.0. The fraction of sp³-hybridized carbons (Fsp3) is 0.611. The van der Waals surface area contributed by atoms with Gasteiger partial charge in [-0.1, -0.05) is 20.8 Å². The smallest absolute Gasteiger partial charge is 0.237 e. The summed E-state index contributed by atoms with van der Waals surface area (Å²) in [6, 6.07) is 6.14. The van der Waals surface area contributed by atoms with Crippen molar-refractivity contribution in [1.29, 1.82) is 0 Å². The Kier molecular flexibility index (Phi) is 6.18. The molecule has 1 fully saturated rings. The molecule has 1 aliphatic rings. The maximum atomic E-state index is 13.0. The number of anilines is 1. The molecule has 1 saturated heterocycles. The predicted molar refractivity (Wildman–Crippen MR) is 95.5 cm³/mol. The van der Waals surface area contributed by atoms with Crippen LogP contribution in [0.5, 0.6) is 0 Å². The molecule has 0 unspecified atom stereocenters. The molecule has 3 N–H and O–H groups in total. The van der Waals surface area contributed by atoms with Gasteiger partial charge in [0.25, 0.3) is 0 Å². The van der Waals surface area contributed by atoms with Gasteiger partial charge < -0.3 is 16.0 Å². The lowest BCUT2D eigenvalue weighted by Gasteiger charge is -2.36. The summed E-state index contributed by atoms with van der Waals surface area (Å²) in [7, 11) is 0. The summed E-state index contributed by atoms with van der Waals surface area (Å²) in [6.45, 7) is 11.0. The molecule has 0 aliphatic carbocycles. The van der Waals surface area contributed by atoms with Crippen LogP contribution in [0.1, 0.15) is 20.8 Å². The molecule has 2 rings (SSSR count). The molecule has 0 spiro atoms. The number of amides is 1. The van der Waals surface area contributed by atoms with Crippen molar-refractivity contribution >= 4 is 11.6 Å². The van der Waals surface area contributed by atoms with Gasteiger partial charge in [0.05, 0.1) is 6.04 Å². The van der Waals surface area contributed by atoms with Crippen molar-refractivity contribution < 1.29 is 9.18 Å². The highest BCUT2D eigenvalue weighted by atomic mass is 19.1. The normalized spacial score (nSPS) is 17.6. The summed E-state index contributed by atoms with van der Waals surface area (Å²) in [5, 5.41) is 2.92. The molecular weight excluding hydrogens is 307 g/mol. The van der Waals surface area contributed by atoms with Crippen molar-refractivity contribution in [2.45, 2.75) is 26.8 Å². The van der Waals surface area contributed by atoms with Gasteiger partial charge in [0, 0.05) is 45.0 Å². The highest BCUT2D eigenvalue weighted by Gasteiger charge is 2.27. The number of benzene rings is 1. The third-order valence-electron chi connectivity index (χ3n) is 4.51. The molecule has 1 aliphatic heterocycles. The number of carbonyl (C=O) groups is 1. The van der Waals surface area contributed by atoms with Crippen LogP contribution in [0.4, 0.5) is 10.1 Å². The van der Waals surface area contributed by atoms with Gasteiger partial charge >= 0.3 is 0 Å². The fourth-order valence-corrected chi connectivity index (χ4v) is 2.72. The summed E-state index contributed by atoms with van der Waals surface area (Å²) in [4.78, 5) is 16.6. The van der Waals surface area contributed by atoms with Gasteiger partial charge in [-0.3, -0.25) is 9.69 Å². The van der Waals surface area contributed by atoms with Gasteiger partial charge in [-0.15, -0.1) is 0 Å². The molecule has 1 amide bonds. The Balaban J connectivity index is 1.70. The number of piperazine rings is 1. The molecule has 6 heteroatoms. The monoisotopic (exact) mass is 336 g/mol. The molecule has 1 aromatic rings. The van der Waals surface area contributed by atoms with Crippen LogP contribution in [0, 0.1) is 11.2 Å². The summed E-state index contributed by atoms with van der Waals surface area (Å²) in [5.74, 6) is -0.297. The second-order valence-corrected chi connectivity index (χ2v) is 7.44. The van der Waals surface area contributed by atoms with Gasteiger partial charge in [0.15, 0.2) is 0 Å². The van der Waals surface area contributed by atoms with Crippen molar-refractivity contribution in [3.05, 3.63) is 30.1 Å². The van der Waals surface area contributed by atoms with Gasteiger partial charge in [0.1, 0.15) is 5.82 Å². The maximum absolute atomic E-state index is 13.0. The first-order valence-electron chi connectivity index (χ1n) is 8.53. The highest BCUT2D eigenvalue weighted by Crippen LogP contribution is 2.18. The molecule has 0 bridgehead atoms. The Morgan fingerprint density at radius 1 is 1.21 bits per heavy atom. The van der Waals surface area contributed by atoms with Crippen LogP contribution in [-0.2, 0) is 4.79 Å². The van der Waals surface area contributed by atoms with Crippen LogP contribution in [-0.4, -0.2) is 56.1 Å².